The number of rotatable bonds is 4. The summed E-state index contributed by atoms with van der Waals surface area (Å²) in [4.78, 5) is 0. The molecule has 0 unspecified atom stereocenters. The summed E-state index contributed by atoms with van der Waals surface area (Å²) >= 11 is 0. The Balaban J connectivity index is 2.18. The van der Waals surface area contributed by atoms with Gasteiger partial charge in [-0.3, -0.25) is 0 Å². The predicted molar refractivity (Wildman–Crippen MR) is 57.4 cm³/mol. The van der Waals surface area contributed by atoms with E-state index in [0.29, 0.717) is 11.5 Å². The van der Waals surface area contributed by atoms with E-state index < -0.39 is 6.36 Å². The third-order valence-corrected chi connectivity index (χ3v) is 2.72. The third kappa shape index (κ3) is 3.93. The summed E-state index contributed by atoms with van der Waals surface area (Å²) in [6.45, 7) is 0.215. The first-order chi connectivity index (χ1) is 7.96. The quantitative estimate of drug-likeness (QED) is 0.885. The van der Waals surface area contributed by atoms with Crippen LogP contribution in [0.1, 0.15) is 24.0 Å². The summed E-state index contributed by atoms with van der Waals surface area (Å²) in [6.07, 6.45) is -1.53. The Kier molecular flexibility index (Phi) is 3.28. The molecule has 1 fully saturated rings. The van der Waals surface area contributed by atoms with E-state index in [2.05, 4.69) is 4.74 Å². The molecule has 0 aliphatic heterocycles. The highest BCUT2D eigenvalue weighted by Gasteiger charge is 2.31. The highest BCUT2D eigenvalue weighted by Crippen LogP contribution is 2.34. The third-order valence-electron chi connectivity index (χ3n) is 2.72. The van der Waals surface area contributed by atoms with Crippen molar-refractivity contribution >= 4 is 0 Å². The Morgan fingerprint density at radius 1 is 1.18 bits per heavy atom. The van der Waals surface area contributed by atoms with E-state index in [4.69, 9.17) is 5.73 Å². The topological polar surface area (TPSA) is 35.2 Å². The van der Waals surface area contributed by atoms with Crippen molar-refractivity contribution in [3.8, 4) is 5.75 Å². The van der Waals surface area contributed by atoms with Crippen LogP contribution >= 0.6 is 0 Å². The molecule has 94 valence electrons. The van der Waals surface area contributed by atoms with E-state index in [1.54, 1.807) is 0 Å². The van der Waals surface area contributed by atoms with Crippen LogP contribution in [0, 0.1) is 5.92 Å². The lowest BCUT2D eigenvalue weighted by atomic mass is 10.0. The highest BCUT2D eigenvalue weighted by atomic mass is 19.4. The first-order valence-corrected chi connectivity index (χ1v) is 5.55. The van der Waals surface area contributed by atoms with Gasteiger partial charge in [0.15, 0.2) is 0 Å². The first kappa shape index (κ1) is 12.2. The van der Waals surface area contributed by atoms with Gasteiger partial charge in [-0.05, 0) is 48.4 Å². The molecule has 2 rings (SSSR count). The van der Waals surface area contributed by atoms with Gasteiger partial charge in [-0.2, -0.15) is 0 Å². The van der Waals surface area contributed by atoms with Crippen LogP contribution in [-0.2, 0) is 13.0 Å². The number of ether oxygens (including phenoxy) is 1. The molecular weight excluding hydrogens is 231 g/mol. The Labute approximate surface area is 97.6 Å². The fraction of sp³-hybridized carbons (Fsp3) is 0.500. The van der Waals surface area contributed by atoms with Crippen LogP contribution in [0.5, 0.6) is 5.75 Å². The van der Waals surface area contributed by atoms with Crippen molar-refractivity contribution in [1.29, 1.82) is 0 Å². The predicted octanol–water partition coefficient (Wildman–Crippen LogP) is 3.00. The monoisotopic (exact) mass is 245 g/mol. The van der Waals surface area contributed by atoms with Gasteiger partial charge >= 0.3 is 6.36 Å². The van der Waals surface area contributed by atoms with Gasteiger partial charge in [0.25, 0.3) is 0 Å². The van der Waals surface area contributed by atoms with Gasteiger partial charge in [0, 0.05) is 6.54 Å². The van der Waals surface area contributed by atoms with Crippen molar-refractivity contribution in [2.24, 2.45) is 11.7 Å². The molecule has 1 aromatic carbocycles. The van der Waals surface area contributed by atoms with Crippen molar-refractivity contribution in [3.63, 3.8) is 0 Å². The molecule has 2 N–H and O–H groups in total. The Morgan fingerprint density at radius 2 is 1.82 bits per heavy atom. The average Bonchev–Trinajstić information content (AvgIpc) is 2.98. The average molecular weight is 245 g/mol. The van der Waals surface area contributed by atoms with Gasteiger partial charge in [0.1, 0.15) is 5.75 Å². The normalized spacial score (nSPS) is 16.0. The molecule has 1 saturated carbocycles. The minimum absolute atomic E-state index is 0.170. The minimum Gasteiger partial charge on any atom is -0.406 e. The SMILES string of the molecule is NCc1cc(CC2CC2)cc(OC(F)(F)F)c1. The molecule has 1 aliphatic rings. The lowest BCUT2D eigenvalue weighted by Crippen LogP contribution is -2.17. The van der Waals surface area contributed by atoms with Gasteiger partial charge in [-0.25, -0.2) is 0 Å². The molecule has 0 bridgehead atoms. The number of hydrogen-bond donors (Lipinski definition) is 1. The molecule has 2 nitrogen and oxygen atoms in total. The number of hydrogen-bond acceptors (Lipinski definition) is 2. The molecule has 0 spiro atoms. The molecule has 0 atom stereocenters. The molecule has 0 heterocycles. The summed E-state index contributed by atoms with van der Waals surface area (Å²) in [5.74, 6) is 0.442. The lowest BCUT2D eigenvalue weighted by Gasteiger charge is -2.12. The van der Waals surface area contributed by atoms with Crippen molar-refractivity contribution < 1.29 is 17.9 Å². The van der Waals surface area contributed by atoms with Crippen molar-refractivity contribution in [2.75, 3.05) is 0 Å². The number of benzene rings is 1. The van der Waals surface area contributed by atoms with E-state index in [0.717, 1.165) is 24.8 Å². The summed E-state index contributed by atoms with van der Waals surface area (Å²) in [5.41, 5.74) is 7.00. The van der Waals surface area contributed by atoms with Crippen LogP contribution in [-0.4, -0.2) is 6.36 Å². The molecular formula is C12H14F3NO. The lowest BCUT2D eigenvalue weighted by molar-refractivity contribution is -0.274. The second kappa shape index (κ2) is 4.56. The molecule has 0 radical (unpaired) electrons. The number of alkyl halides is 3. The standard InChI is InChI=1S/C12H14F3NO/c13-12(14,15)17-11-5-9(3-8-1-2-8)4-10(6-11)7-16/h4-6,8H,1-3,7,16H2. The van der Waals surface area contributed by atoms with E-state index in [9.17, 15) is 13.2 Å². The fourth-order valence-corrected chi connectivity index (χ4v) is 1.81. The zero-order chi connectivity index (χ0) is 12.5. The van der Waals surface area contributed by atoms with Crippen molar-refractivity contribution in [2.45, 2.75) is 32.2 Å². The minimum atomic E-state index is -4.65. The van der Waals surface area contributed by atoms with Crippen LogP contribution in [0.25, 0.3) is 0 Å². The summed E-state index contributed by atoms with van der Waals surface area (Å²) in [5, 5.41) is 0. The first-order valence-electron chi connectivity index (χ1n) is 5.55. The van der Waals surface area contributed by atoms with E-state index in [1.807, 2.05) is 6.07 Å². The Bertz CT molecular complexity index is 399. The van der Waals surface area contributed by atoms with Crippen LogP contribution in [0.3, 0.4) is 0 Å². The molecule has 0 amide bonds. The van der Waals surface area contributed by atoms with E-state index >= 15 is 0 Å². The van der Waals surface area contributed by atoms with E-state index in [1.165, 1.54) is 12.1 Å². The van der Waals surface area contributed by atoms with Crippen LogP contribution in [0.4, 0.5) is 13.2 Å². The second-order valence-corrected chi connectivity index (χ2v) is 4.38. The molecule has 1 aliphatic carbocycles. The molecule has 0 saturated heterocycles. The Morgan fingerprint density at radius 3 is 2.35 bits per heavy atom. The van der Waals surface area contributed by atoms with Gasteiger partial charge < -0.3 is 10.5 Å². The largest absolute Gasteiger partial charge is 0.573 e. The molecule has 17 heavy (non-hydrogen) atoms. The van der Waals surface area contributed by atoms with Crippen LogP contribution < -0.4 is 10.5 Å². The Hall–Kier alpha value is -1.23. The fourth-order valence-electron chi connectivity index (χ4n) is 1.81. The summed E-state index contributed by atoms with van der Waals surface area (Å²) in [6, 6.07) is 4.64. The maximum Gasteiger partial charge on any atom is 0.573 e. The molecule has 5 heteroatoms. The maximum absolute atomic E-state index is 12.1. The zero-order valence-corrected chi connectivity index (χ0v) is 9.26. The molecule has 1 aromatic rings. The second-order valence-electron chi connectivity index (χ2n) is 4.38. The van der Waals surface area contributed by atoms with Crippen LogP contribution in [0.2, 0.25) is 0 Å². The summed E-state index contributed by atoms with van der Waals surface area (Å²) < 4.78 is 40.3. The smallest absolute Gasteiger partial charge is 0.406 e. The maximum atomic E-state index is 12.1. The van der Waals surface area contributed by atoms with Crippen LogP contribution in [0.15, 0.2) is 18.2 Å². The number of halogens is 3. The van der Waals surface area contributed by atoms with E-state index in [-0.39, 0.29) is 12.3 Å². The summed E-state index contributed by atoms with van der Waals surface area (Å²) in [7, 11) is 0. The van der Waals surface area contributed by atoms with Crippen molar-refractivity contribution in [1.82, 2.24) is 0 Å². The highest BCUT2D eigenvalue weighted by molar-refractivity contribution is 5.35. The van der Waals surface area contributed by atoms with Gasteiger partial charge in [0.2, 0.25) is 0 Å². The zero-order valence-electron chi connectivity index (χ0n) is 9.26. The van der Waals surface area contributed by atoms with Gasteiger partial charge in [-0.1, -0.05) is 6.07 Å². The van der Waals surface area contributed by atoms with Gasteiger partial charge in [-0.15, -0.1) is 13.2 Å². The van der Waals surface area contributed by atoms with Gasteiger partial charge in [0.05, 0.1) is 0 Å². The molecule has 0 aromatic heterocycles. The van der Waals surface area contributed by atoms with Crippen molar-refractivity contribution in [3.05, 3.63) is 29.3 Å². The number of nitrogens with two attached hydrogens (primary N) is 1.